The lowest BCUT2D eigenvalue weighted by atomic mass is 10.0. The normalized spacial score (nSPS) is 16.2. The molecule has 1 amide bonds. The first kappa shape index (κ1) is 22.3. The molecule has 1 atom stereocenters. The van der Waals surface area contributed by atoms with Crippen LogP contribution in [0.1, 0.15) is 29.2 Å². The van der Waals surface area contributed by atoms with E-state index in [1.807, 2.05) is 60.0 Å². The van der Waals surface area contributed by atoms with Crippen molar-refractivity contribution in [2.75, 3.05) is 32.3 Å². The maximum Gasteiger partial charge on any atom is 0.339 e. The average Bonchev–Trinajstić information content (AvgIpc) is 2.83. The number of nitrogens with zero attached hydrogens (tertiary/aromatic N) is 1. The van der Waals surface area contributed by atoms with E-state index in [2.05, 4.69) is 0 Å². The first-order valence-corrected chi connectivity index (χ1v) is 11.8. The van der Waals surface area contributed by atoms with E-state index >= 15 is 0 Å². The van der Waals surface area contributed by atoms with Crippen LogP contribution >= 0.6 is 11.8 Å². The Morgan fingerprint density at radius 2 is 1.84 bits per heavy atom. The van der Waals surface area contributed by atoms with Crippen molar-refractivity contribution in [2.24, 2.45) is 0 Å². The third kappa shape index (κ3) is 4.48. The van der Waals surface area contributed by atoms with Gasteiger partial charge in [-0.2, -0.15) is 11.8 Å². The minimum atomic E-state index is -0.392. The van der Waals surface area contributed by atoms with Crippen LogP contribution in [0.4, 0.5) is 0 Å². The monoisotopic (exact) mass is 453 g/mol. The predicted octanol–water partition coefficient (Wildman–Crippen LogP) is 4.37. The van der Waals surface area contributed by atoms with Crippen molar-refractivity contribution in [3.63, 3.8) is 0 Å². The Balaban J connectivity index is 1.53. The van der Waals surface area contributed by atoms with Gasteiger partial charge in [0.2, 0.25) is 5.91 Å². The second kappa shape index (κ2) is 9.69. The van der Waals surface area contributed by atoms with Crippen molar-refractivity contribution in [1.82, 2.24) is 4.90 Å². The first-order chi connectivity index (χ1) is 15.5. The molecule has 3 aromatic rings. The Morgan fingerprint density at radius 3 is 2.56 bits per heavy atom. The Morgan fingerprint density at radius 1 is 1.12 bits per heavy atom. The topological polar surface area (TPSA) is 69.0 Å². The summed E-state index contributed by atoms with van der Waals surface area (Å²) in [6, 6.07) is 13.4. The summed E-state index contributed by atoms with van der Waals surface area (Å²) in [6.45, 7) is 2.61. The molecule has 1 unspecified atom stereocenters. The van der Waals surface area contributed by atoms with Crippen LogP contribution in [0, 0.1) is 6.92 Å². The molecule has 0 spiro atoms. The molecule has 4 rings (SSSR count). The molecule has 7 heteroatoms. The fraction of sp³-hybridized carbons (Fsp3) is 0.360. The number of rotatable bonds is 6. The highest BCUT2D eigenvalue weighted by Crippen LogP contribution is 2.31. The number of benzene rings is 2. The molecule has 1 saturated heterocycles. The number of thioether (sulfide) groups is 1. The number of amides is 1. The number of carbonyl (C=O) groups is 1. The number of hydrogen-bond acceptors (Lipinski definition) is 6. The second-order valence-electron chi connectivity index (χ2n) is 7.81. The molecule has 0 N–H and O–H groups in total. The Labute approximate surface area is 191 Å². The summed E-state index contributed by atoms with van der Waals surface area (Å²) in [7, 11) is 3.22. The molecule has 6 nitrogen and oxygen atoms in total. The minimum Gasteiger partial charge on any atom is -0.497 e. The molecule has 0 saturated carbocycles. The van der Waals surface area contributed by atoms with Crippen LogP contribution in [0.15, 0.2) is 51.7 Å². The van der Waals surface area contributed by atoms with Crippen molar-refractivity contribution < 1.29 is 18.7 Å². The van der Waals surface area contributed by atoms with Crippen molar-refractivity contribution in [3.05, 3.63) is 69.6 Å². The Bertz CT molecular complexity index is 1170. The van der Waals surface area contributed by atoms with Gasteiger partial charge in [0.1, 0.15) is 17.1 Å². The molecule has 0 bridgehead atoms. The Kier molecular flexibility index (Phi) is 6.74. The maximum absolute atomic E-state index is 13.2. The largest absolute Gasteiger partial charge is 0.497 e. The first-order valence-electron chi connectivity index (χ1n) is 10.6. The fourth-order valence-corrected chi connectivity index (χ4v) is 5.26. The highest BCUT2D eigenvalue weighted by atomic mass is 32.2. The quantitative estimate of drug-likeness (QED) is 0.517. The van der Waals surface area contributed by atoms with E-state index in [9.17, 15) is 9.59 Å². The van der Waals surface area contributed by atoms with Gasteiger partial charge in [0.05, 0.1) is 20.3 Å². The van der Waals surface area contributed by atoms with Gasteiger partial charge in [-0.3, -0.25) is 4.79 Å². The number of fused-ring (bicyclic) bond motifs is 1. The smallest absolute Gasteiger partial charge is 0.339 e. The molecule has 2 heterocycles. The molecule has 32 heavy (non-hydrogen) atoms. The molecule has 0 radical (unpaired) electrons. The van der Waals surface area contributed by atoms with Crippen LogP contribution in [0.5, 0.6) is 11.5 Å². The molecule has 168 valence electrons. The maximum atomic E-state index is 13.2. The Hall–Kier alpha value is -2.93. The number of hydrogen-bond donors (Lipinski definition) is 0. The number of ether oxygens (including phenoxy) is 2. The van der Waals surface area contributed by atoms with Crippen molar-refractivity contribution >= 4 is 28.6 Å². The number of aryl methyl sites for hydroxylation is 1. The van der Waals surface area contributed by atoms with Crippen LogP contribution in [0.2, 0.25) is 0 Å². The van der Waals surface area contributed by atoms with E-state index in [4.69, 9.17) is 13.9 Å². The molecule has 1 aliphatic rings. The molecule has 1 fully saturated rings. The van der Waals surface area contributed by atoms with Gasteiger partial charge >= 0.3 is 5.63 Å². The van der Waals surface area contributed by atoms with Gasteiger partial charge in [0, 0.05) is 41.5 Å². The molecular weight excluding hydrogens is 426 g/mol. The van der Waals surface area contributed by atoms with Crippen molar-refractivity contribution in [3.8, 4) is 11.5 Å². The van der Waals surface area contributed by atoms with Gasteiger partial charge in [-0.1, -0.05) is 12.1 Å². The molecule has 1 aromatic heterocycles. The standard InChI is InChI=1S/C25H27NO5S/c1-16-20-9-8-19(30-3)14-23(20)31-25(28)21(16)10-11-24(27)26-12-13-32-15-22(26)17-4-6-18(29-2)7-5-17/h4-9,14,22H,10-13,15H2,1-3H3. The summed E-state index contributed by atoms with van der Waals surface area (Å²) in [4.78, 5) is 27.8. The third-order valence-corrected chi connectivity index (χ3v) is 7.06. The summed E-state index contributed by atoms with van der Waals surface area (Å²) in [6.07, 6.45) is 0.624. The summed E-state index contributed by atoms with van der Waals surface area (Å²) in [5.74, 6) is 3.26. The van der Waals surface area contributed by atoms with Crippen LogP contribution in [0.3, 0.4) is 0 Å². The second-order valence-corrected chi connectivity index (χ2v) is 8.96. The van der Waals surface area contributed by atoms with Crippen LogP contribution in [0.25, 0.3) is 11.0 Å². The summed E-state index contributed by atoms with van der Waals surface area (Å²) in [5.41, 5.74) is 2.62. The van der Waals surface area contributed by atoms with Gasteiger partial charge in [0.15, 0.2) is 0 Å². The van der Waals surface area contributed by atoms with Gasteiger partial charge in [0.25, 0.3) is 0 Å². The molecular formula is C25H27NO5S. The zero-order chi connectivity index (χ0) is 22.7. The van der Waals surface area contributed by atoms with E-state index in [1.54, 1.807) is 20.3 Å². The average molecular weight is 454 g/mol. The molecule has 2 aromatic carbocycles. The van der Waals surface area contributed by atoms with Crippen LogP contribution in [-0.2, 0) is 11.2 Å². The highest BCUT2D eigenvalue weighted by Gasteiger charge is 2.28. The van der Waals surface area contributed by atoms with Crippen molar-refractivity contribution in [2.45, 2.75) is 25.8 Å². The zero-order valence-corrected chi connectivity index (χ0v) is 19.4. The minimum absolute atomic E-state index is 0.0220. The van der Waals surface area contributed by atoms with Gasteiger partial charge < -0.3 is 18.8 Å². The van der Waals surface area contributed by atoms with Gasteiger partial charge in [-0.15, -0.1) is 0 Å². The lowest BCUT2D eigenvalue weighted by Gasteiger charge is -2.36. The van der Waals surface area contributed by atoms with Gasteiger partial charge in [-0.05, 0) is 48.7 Å². The van der Waals surface area contributed by atoms with Crippen LogP contribution < -0.4 is 15.1 Å². The lowest BCUT2D eigenvalue weighted by Crippen LogP contribution is -2.41. The summed E-state index contributed by atoms with van der Waals surface area (Å²) >= 11 is 1.85. The molecule has 0 aliphatic carbocycles. The van der Waals surface area contributed by atoms with E-state index in [-0.39, 0.29) is 18.4 Å². The lowest BCUT2D eigenvalue weighted by molar-refractivity contribution is -0.133. The zero-order valence-electron chi connectivity index (χ0n) is 18.6. The van der Waals surface area contributed by atoms with Crippen molar-refractivity contribution in [1.29, 1.82) is 0 Å². The van der Waals surface area contributed by atoms with E-state index in [0.717, 1.165) is 33.8 Å². The summed E-state index contributed by atoms with van der Waals surface area (Å²) < 4.78 is 16.0. The van der Waals surface area contributed by atoms with Gasteiger partial charge in [-0.25, -0.2) is 4.79 Å². The fourth-order valence-electron chi connectivity index (χ4n) is 4.17. The summed E-state index contributed by atoms with van der Waals surface area (Å²) in [5, 5.41) is 0.860. The van der Waals surface area contributed by atoms with E-state index < -0.39 is 5.63 Å². The molecule has 1 aliphatic heterocycles. The number of carbonyl (C=O) groups excluding carboxylic acids is 1. The van der Waals surface area contributed by atoms with Crippen LogP contribution in [-0.4, -0.2) is 43.1 Å². The van der Waals surface area contributed by atoms with E-state index in [0.29, 0.717) is 29.9 Å². The van der Waals surface area contributed by atoms with E-state index in [1.165, 1.54) is 0 Å². The SMILES string of the molecule is COc1ccc(C2CSCCN2C(=O)CCc2c(C)c3ccc(OC)cc3oc2=O)cc1. The predicted molar refractivity (Wildman–Crippen MR) is 127 cm³/mol. The number of methoxy groups -OCH3 is 2. The highest BCUT2D eigenvalue weighted by molar-refractivity contribution is 7.99. The third-order valence-electron chi connectivity index (χ3n) is 6.03.